The number of halogens is 1. The number of hydrogen-bond acceptors (Lipinski definition) is 4. The van der Waals surface area contributed by atoms with E-state index in [1.807, 2.05) is 13.8 Å². The molecule has 0 spiro atoms. The number of nitrogen functional groups attached to an aromatic ring is 1. The number of nitrogens with two attached hydrogens (primary N) is 1. The predicted octanol–water partition coefficient (Wildman–Crippen LogP) is 3.35. The van der Waals surface area contributed by atoms with Gasteiger partial charge in [-0.3, -0.25) is 0 Å². The lowest BCUT2D eigenvalue weighted by Crippen LogP contribution is -2.06. The van der Waals surface area contributed by atoms with Gasteiger partial charge in [0.25, 0.3) is 0 Å². The van der Waals surface area contributed by atoms with Gasteiger partial charge in [-0.2, -0.15) is 5.26 Å². The van der Waals surface area contributed by atoms with E-state index >= 15 is 0 Å². The number of hydrogen-bond donors (Lipinski definition) is 1. The minimum Gasteiger partial charge on any atom is -0.398 e. The molecular formula is C11H14ClN3O. The molecule has 2 atom stereocenters. The third-order valence-corrected chi connectivity index (χ3v) is 2.62. The summed E-state index contributed by atoms with van der Waals surface area (Å²) in [5.74, 6) is -0.147. The van der Waals surface area contributed by atoms with Crippen molar-refractivity contribution in [3.63, 3.8) is 0 Å². The summed E-state index contributed by atoms with van der Waals surface area (Å²) >= 11 is 0. The maximum atomic E-state index is 10.4. The summed E-state index contributed by atoms with van der Waals surface area (Å²) in [7, 11) is 0. The van der Waals surface area contributed by atoms with E-state index in [0.29, 0.717) is 11.4 Å². The van der Waals surface area contributed by atoms with Crippen molar-refractivity contribution < 1.29 is 0 Å². The second-order valence-corrected chi connectivity index (χ2v) is 3.61. The summed E-state index contributed by atoms with van der Waals surface area (Å²) < 4.78 is 0. The van der Waals surface area contributed by atoms with Crippen LogP contribution in [0.2, 0.25) is 0 Å². The highest BCUT2D eigenvalue weighted by Crippen LogP contribution is 2.31. The number of anilines is 1. The molecule has 1 aromatic rings. The van der Waals surface area contributed by atoms with Gasteiger partial charge in [0, 0.05) is 5.69 Å². The van der Waals surface area contributed by atoms with Crippen molar-refractivity contribution in [1.82, 2.24) is 0 Å². The maximum absolute atomic E-state index is 10.4. The molecule has 0 bridgehead atoms. The zero-order valence-corrected chi connectivity index (χ0v) is 9.99. The fourth-order valence-corrected chi connectivity index (χ4v) is 1.39. The molecule has 5 heteroatoms. The molecule has 1 aromatic carbocycles. The van der Waals surface area contributed by atoms with Gasteiger partial charge >= 0.3 is 0 Å². The summed E-state index contributed by atoms with van der Waals surface area (Å²) in [5.41, 5.74) is 7.53. The predicted molar refractivity (Wildman–Crippen MR) is 66.7 cm³/mol. The summed E-state index contributed by atoms with van der Waals surface area (Å²) in [6, 6.07) is 7.01. The van der Waals surface area contributed by atoms with Crippen LogP contribution in [0.4, 0.5) is 11.4 Å². The second-order valence-electron chi connectivity index (χ2n) is 3.61. The van der Waals surface area contributed by atoms with Crippen molar-refractivity contribution >= 4 is 23.8 Å². The van der Waals surface area contributed by atoms with E-state index in [2.05, 4.69) is 11.2 Å². The Hall–Kier alpha value is -1.60. The summed E-state index contributed by atoms with van der Waals surface area (Å²) in [6.07, 6.45) is 0. The average Bonchev–Trinajstić information content (AvgIpc) is 2.27. The Bertz CT molecular complexity index is 414. The summed E-state index contributed by atoms with van der Waals surface area (Å²) in [6.45, 7) is 3.74. The van der Waals surface area contributed by atoms with E-state index < -0.39 is 0 Å². The number of nitroso groups, excluding NO2 is 1. The van der Waals surface area contributed by atoms with Crippen LogP contribution in [-0.4, -0.2) is 0 Å². The Morgan fingerprint density at radius 1 is 1.44 bits per heavy atom. The molecule has 0 heterocycles. The van der Waals surface area contributed by atoms with E-state index in [1.165, 1.54) is 0 Å². The Morgan fingerprint density at radius 3 is 2.56 bits per heavy atom. The average molecular weight is 240 g/mol. The molecule has 4 nitrogen and oxygen atoms in total. The standard InChI is InChI=1S/C11H13N3O.ClH/c1-7(6-12)8(2)10-5-9(14-15)3-4-11(10)13;/h3-5,7-8H,13H2,1-2H3;1H. The van der Waals surface area contributed by atoms with Crippen LogP contribution >= 0.6 is 12.4 Å². The molecule has 0 aromatic heterocycles. The van der Waals surface area contributed by atoms with Crippen molar-refractivity contribution in [1.29, 1.82) is 5.26 Å². The highest BCUT2D eigenvalue weighted by Gasteiger charge is 2.16. The number of benzene rings is 1. The molecule has 0 aliphatic carbocycles. The maximum Gasteiger partial charge on any atom is 0.108 e. The topological polar surface area (TPSA) is 79.2 Å². The van der Waals surface area contributed by atoms with Crippen LogP contribution in [0.5, 0.6) is 0 Å². The number of nitriles is 1. The summed E-state index contributed by atoms with van der Waals surface area (Å²) in [5, 5.41) is 11.7. The van der Waals surface area contributed by atoms with Gasteiger partial charge in [0.2, 0.25) is 0 Å². The molecule has 86 valence electrons. The zero-order chi connectivity index (χ0) is 11.4. The number of nitrogens with zero attached hydrogens (tertiary/aromatic N) is 2. The lowest BCUT2D eigenvalue weighted by molar-refractivity contribution is 0.605. The second kappa shape index (κ2) is 6.09. The summed E-state index contributed by atoms with van der Waals surface area (Å²) in [4.78, 5) is 10.4. The molecule has 0 amide bonds. The van der Waals surface area contributed by atoms with Crippen molar-refractivity contribution in [3.8, 4) is 6.07 Å². The van der Waals surface area contributed by atoms with Crippen LogP contribution < -0.4 is 5.73 Å². The zero-order valence-electron chi connectivity index (χ0n) is 9.18. The minimum atomic E-state index is -0.144. The molecule has 16 heavy (non-hydrogen) atoms. The first-order chi connectivity index (χ1) is 7.10. The molecule has 0 saturated carbocycles. The first-order valence-corrected chi connectivity index (χ1v) is 4.72. The minimum absolute atomic E-state index is 0. The van der Waals surface area contributed by atoms with Gasteiger partial charge in [0.15, 0.2) is 0 Å². The van der Waals surface area contributed by atoms with E-state index in [4.69, 9.17) is 11.0 Å². The van der Waals surface area contributed by atoms with Crippen molar-refractivity contribution in [3.05, 3.63) is 28.7 Å². The third-order valence-electron chi connectivity index (χ3n) is 2.62. The largest absolute Gasteiger partial charge is 0.398 e. The normalized spacial score (nSPS) is 13.1. The van der Waals surface area contributed by atoms with Crippen molar-refractivity contribution in [2.24, 2.45) is 11.1 Å². The van der Waals surface area contributed by atoms with Gasteiger partial charge in [0.05, 0.1) is 12.0 Å². The first kappa shape index (κ1) is 14.4. The Balaban J connectivity index is 0.00000225. The van der Waals surface area contributed by atoms with E-state index in [9.17, 15) is 4.91 Å². The third kappa shape index (κ3) is 2.94. The van der Waals surface area contributed by atoms with Crippen molar-refractivity contribution in [2.45, 2.75) is 19.8 Å². The highest BCUT2D eigenvalue weighted by atomic mass is 35.5. The quantitative estimate of drug-likeness (QED) is 0.649. The molecule has 0 saturated heterocycles. The fraction of sp³-hybridized carbons (Fsp3) is 0.364. The van der Waals surface area contributed by atoms with Gasteiger partial charge in [0.1, 0.15) is 5.69 Å². The smallest absolute Gasteiger partial charge is 0.108 e. The van der Waals surface area contributed by atoms with E-state index in [0.717, 1.165) is 5.56 Å². The van der Waals surface area contributed by atoms with E-state index in [1.54, 1.807) is 18.2 Å². The molecule has 0 aliphatic rings. The van der Waals surface area contributed by atoms with Crippen LogP contribution in [0.3, 0.4) is 0 Å². The molecule has 1 rings (SSSR count). The SMILES string of the molecule is CC(C#N)C(C)c1cc(N=O)ccc1N.Cl. The molecule has 2 N–H and O–H groups in total. The number of rotatable bonds is 3. The lowest BCUT2D eigenvalue weighted by Gasteiger charge is -2.16. The molecule has 0 aliphatic heterocycles. The van der Waals surface area contributed by atoms with Crippen LogP contribution in [0, 0.1) is 22.2 Å². The van der Waals surface area contributed by atoms with Crippen LogP contribution in [0.15, 0.2) is 23.4 Å². The Labute approximate surface area is 101 Å². The van der Waals surface area contributed by atoms with Crippen LogP contribution in [-0.2, 0) is 0 Å². The monoisotopic (exact) mass is 239 g/mol. The van der Waals surface area contributed by atoms with Gasteiger partial charge in [-0.25, -0.2) is 0 Å². The van der Waals surface area contributed by atoms with Crippen LogP contribution in [0.25, 0.3) is 0 Å². The molecule has 0 fully saturated rings. The van der Waals surface area contributed by atoms with Gasteiger partial charge in [-0.05, 0) is 41.8 Å². The van der Waals surface area contributed by atoms with Gasteiger partial charge < -0.3 is 5.73 Å². The van der Waals surface area contributed by atoms with E-state index in [-0.39, 0.29) is 24.2 Å². The van der Waals surface area contributed by atoms with Gasteiger partial charge in [-0.15, -0.1) is 17.3 Å². The molecular weight excluding hydrogens is 226 g/mol. The molecule has 2 unspecified atom stereocenters. The first-order valence-electron chi connectivity index (χ1n) is 4.72. The van der Waals surface area contributed by atoms with Gasteiger partial charge in [-0.1, -0.05) is 6.92 Å². The lowest BCUT2D eigenvalue weighted by atomic mass is 9.88. The highest BCUT2D eigenvalue weighted by molar-refractivity contribution is 5.85. The fourth-order valence-electron chi connectivity index (χ4n) is 1.39. The Morgan fingerprint density at radius 2 is 2.06 bits per heavy atom. The molecule has 0 radical (unpaired) electrons. The Kier molecular flexibility index (Phi) is 5.48. The van der Waals surface area contributed by atoms with Crippen LogP contribution in [0.1, 0.15) is 25.3 Å². The van der Waals surface area contributed by atoms with Crippen molar-refractivity contribution in [2.75, 3.05) is 5.73 Å².